The van der Waals surface area contributed by atoms with Crippen molar-refractivity contribution in [2.24, 2.45) is 5.73 Å². The third-order valence-electron chi connectivity index (χ3n) is 0.621. The highest BCUT2D eigenvalue weighted by molar-refractivity contribution is 4.53. The molecule has 0 saturated heterocycles. The summed E-state index contributed by atoms with van der Waals surface area (Å²) in [5.41, 5.74) is 5.06. The lowest BCUT2D eigenvalue weighted by Crippen LogP contribution is -1.87. The number of hydrogen-bond donors (Lipinski definition) is 1. The van der Waals surface area contributed by atoms with Crippen LogP contribution in [0.2, 0.25) is 0 Å². The summed E-state index contributed by atoms with van der Waals surface area (Å²) in [4.78, 5) is 0. The molecule has 0 aliphatic rings. The van der Waals surface area contributed by atoms with E-state index in [-0.39, 0.29) is 0 Å². The molecule has 0 spiro atoms. The molecule has 0 amide bonds. The van der Waals surface area contributed by atoms with Gasteiger partial charge in [0.05, 0.1) is 0 Å². The van der Waals surface area contributed by atoms with Crippen molar-refractivity contribution in [2.75, 3.05) is 0 Å². The first-order valence-electron chi connectivity index (χ1n) is 2.24. The maximum Gasteiger partial charge on any atom is 0.0192 e. The largest absolute Gasteiger partial charge is 0.326 e. The third kappa shape index (κ3) is 3.96. The molecule has 2 radical (unpaired) electrons. The van der Waals surface area contributed by atoms with E-state index in [9.17, 15) is 0 Å². The average molecular weight is 85.2 g/mol. The van der Waals surface area contributed by atoms with Gasteiger partial charge in [0, 0.05) is 6.54 Å². The summed E-state index contributed by atoms with van der Waals surface area (Å²) >= 11 is 0. The van der Waals surface area contributed by atoms with E-state index in [1.165, 1.54) is 0 Å². The van der Waals surface area contributed by atoms with Gasteiger partial charge in [0.15, 0.2) is 0 Å². The van der Waals surface area contributed by atoms with Crippen molar-refractivity contribution in [3.8, 4) is 0 Å². The van der Waals surface area contributed by atoms with Crippen LogP contribution >= 0.6 is 0 Å². The first-order chi connectivity index (χ1) is 2.91. The van der Waals surface area contributed by atoms with Crippen molar-refractivity contribution in [3.05, 3.63) is 13.5 Å². The van der Waals surface area contributed by atoms with Crippen LogP contribution in [0.25, 0.3) is 0 Å². The monoisotopic (exact) mass is 85.1 g/mol. The van der Waals surface area contributed by atoms with Gasteiger partial charge in [-0.05, 0) is 6.42 Å². The second-order valence-corrected chi connectivity index (χ2v) is 1.23. The van der Waals surface area contributed by atoms with Gasteiger partial charge in [-0.2, -0.15) is 0 Å². The highest BCUT2D eigenvalue weighted by Crippen LogP contribution is 1.90. The molecule has 1 nitrogen and oxygen atoms in total. The van der Waals surface area contributed by atoms with E-state index in [0.29, 0.717) is 0 Å². The molecule has 0 atom stereocenters. The van der Waals surface area contributed by atoms with Crippen LogP contribution in [0, 0.1) is 13.5 Å². The van der Waals surface area contributed by atoms with Crippen LogP contribution in [0.3, 0.4) is 0 Å². The van der Waals surface area contributed by atoms with Crippen molar-refractivity contribution in [1.29, 1.82) is 0 Å². The smallest absolute Gasteiger partial charge is 0.0192 e. The number of hydrogen-bond acceptors (Lipinski definition) is 1. The van der Waals surface area contributed by atoms with Crippen LogP contribution in [0.15, 0.2) is 0 Å². The van der Waals surface area contributed by atoms with Gasteiger partial charge in [-0.15, -0.1) is 0 Å². The minimum atomic E-state index is 0.994. The van der Waals surface area contributed by atoms with Crippen LogP contribution in [0.1, 0.15) is 19.3 Å². The molecule has 0 saturated carbocycles. The molecule has 0 aliphatic carbocycles. The highest BCUT2D eigenvalue weighted by Gasteiger charge is 1.76. The molecule has 0 aromatic carbocycles. The lowest BCUT2D eigenvalue weighted by Gasteiger charge is -1.85. The zero-order valence-electron chi connectivity index (χ0n) is 3.98. The zero-order valence-corrected chi connectivity index (χ0v) is 3.98. The summed E-state index contributed by atoms with van der Waals surface area (Å²) in [6.07, 6.45) is 3.12. The topological polar surface area (TPSA) is 26.0 Å². The molecular formula is C5H11N. The lowest BCUT2D eigenvalue weighted by atomic mass is 10.3. The van der Waals surface area contributed by atoms with Gasteiger partial charge in [-0.25, -0.2) is 0 Å². The standard InChI is InChI=1S/C5H11N/c1-2-3-4-5-6/h5H,1-4,6H2. The Kier molecular flexibility index (Phi) is 4.93. The minimum Gasteiger partial charge on any atom is -0.326 e. The van der Waals surface area contributed by atoms with E-state index in [1.54, 1.807) is 6.54 Å². The maximum absolute atomic E-state index is 5.06. The maximum atomic E-state index is 5.06. The number of nitrogens with two attached hydrogens (primary N) is 1. The summed E-state index contributed by atoms with van der Waals surface area (Å²) in [6, 6.07) is 0. The molecular weight excluding hydrogens is 74.1 g/mol. The van der Waals surface area contributed by atoms with Crippen molar-refractivity contribution in [3.63, 3.8) is 0 Å². The Bertz CT molecular complexity index is 15.9. The lowest BCUT2D eigenvalue weighted by molar-refractivity contribution is 0.818. The van der Waals surface area contributed by atoms with Gasteiger partial charge in [-0.1, -0.05) is 19.8 Å². The van der Waals surface area contributed by atoms with Crippen LogP contribution < -0.4 is 5.73 Å². The fourth-order valence-electron chi connectivity index (χ4n) is 0.262. The Morgan fingerprint density at radius 1 is 1.67 bits per heavy atom. The minimum absolute atomic E-state index is 0.994. The molecule has 0 bridgehead atoms. The van der Waals surface area contributed by atoms with E-state index in [0.717, 1.165) is 19.3 Å². The second-order valence-electron chi connectivity index (χ2n) is 1.23. The molecule has 0 fully saturated rings. The first kappa shape index (κ1) is 5.96. The van der Waals surface area contributed by atoms with Crippen LogP contribution in [-0.4, -0.2) is 0 Å². The normalized spacial score (nSPS) is 9.00. The van der Waals surface area contributed by atoms with Crippen molar-refractivity contribution < 1.29 is 0 Å². The fraction of sp³-hybridized carbons (Fsp3) is 0.600. The van der Waals surface area contributed by atoms with Gasteiger partial charge in [0.25, 0.3) is 0 Å². The Morgan fingerprint density at radius 2 is 2.33 bits per heavy atom. The van der Waals surface area contributed by atoms with E-state index >= 15 is 0 Å². The average Bonchev–Trinajstić information content (AvgIpc) is 1.61. The van der Waals surface area contributed by atoms with Gasteiger partial charge in [0.2, 0.25) is 0 Å². The summed E-state index contributed by atoms with van der Waals surface area (Å²) < 4.78 is 0. The van der Waals surface area contributed by atoms with Gasteiger partial charge < -0.3 is 5.73 Å². The first-order valence-corrected chi connectivity index (χ1v) is 2.24. The van der Waals surface area contributed by atoms with E-state index in [1.807, 2.05) is 0 Å². The molecule has 0 heterocycles. The molecule has 36 valence electrons. The summed E-state index contributed by atoms with van der Waals surface area (Å²) in [7, 11) is 0. The van der Waals surface area contributed by atoms with Crippen LogP contribution in [0.5, 0.6) is 0 Å². The Balaban J connectivity index is 2.34. The van der Waals surface area contributed by atoms with E-state index in [4.69, 9.17) is 5.73 Å². The van der Waals surface area contributed by atoms with Crippen LogP contribution in [-0.2, 0) is 0 Å². The van der Waals surface area contributed by atoms with E-state index < -0.39 is 0 Å². The van der Waals surface area contributed by atoms with Crippen molar-refractivity contribution in [2.45, 2.75) is 19.3 Å². The Hall–Kier alpha value is -0.0400. The van der Waals surface area contributed by atoms with Gasteiger partial charge >= 0.3 is 0 Å². The summed E-state index contributed by atoms with van der Waals surface area (Å²) in [5.74, 6) is 0. The fourth-order valence-corrected chi connectivity index (χ4v) is 0.262. The Morgan fingerprint density at radius 3 is 2.50 bits per heavy atom. The highest BCUT2D eigenvalue weighted by atomic mass is 14.5. The van der Waals surface area contributed by atoms with Crippen molar-refractivity contribution in [1.82, 2.24) is 0 Å². The zero-order chi connectivity index (χ0) is 4.83. The summed E-state index contributed by atoms with van der Waals surface area (Å²) in [6.45, 7) is 5.32. The molecule has 0 aliphatic heterocycles. The molecule has 2 N–H and O–H groups in total. The molecule has 0 aromatic heterocycles. The molecule has 0 unspecified atom stereocenters. The molecule has 0 rings (SSSR count). The van der Waals surface area contributed by atoms with Crippen molar-refractivity contribution >= 4 is 0 Å². The number of rotatable bonds is 3. The molecule has 1 heteroatoms. The predicted octanol–water partition coefficient (Wildman–Crippen LogP) is 1.11. The van der Waals surface area contributed by atoms with Gasteiger partial charge in [0.1, 0.15) is 0 Å². The SMILES string of the molecule is [CH2]CCC[CH]N. The van der Waals surface area contributed by atoms with E-state index in [2.05, 4.69) is 6.92 Å². The Labute approximate surface area is 39.5 Å². The molecule has 0 aromatic rings. The second kappa shape index (κ2) is 4.96. The van der Waals surface area contributed by atoms with Crippen LogP contribution in [0.4, 0.5) is 0 Å². The molecule has 6 heavy (non-hydrogen) atoms. The number of unbranched alkanes of at least 4 members (excludes halogenated alkanes) is 2. The predicted molar refractivity (Wildman–Crippen MR) is 27.7 cm³/mol. The summed E-state index contributed by atoms with van der Waals surface area (Å²) in [5, 5.41) is 0. The quantitative estimate of drug-likeness (QED) is 0.510. The van der Waals surface area contributed by atoms with Gasteiger partial charge in [-0.3, -0.25) is 0 Å². The third-order valence-corrected chi connectivity index (χ3v) is 0.621.